The number of hydrogen-bond donors (Lipinski definition) is 2. The average molecular weight is 403 g/mol. The van der Waals surface area contributed by atoms with Gasteiger partial charge in [0.15, 0.2) is 0 Å². The lowest BCUT2D eigenvalue weighted by molar-refractivity contribution is -0.125. The van der Waals surface area contributed by atoms with Crippen molar-refractivity contribution in [2.45, 2.75) is 32.2 Å². The fourth-order valence-corrected chi connectivity index (χ4v) is 4.24. The van der Waals surface area contributed by atoms with Crippen LogP contribution < -0.4 is 15.4 Å². The Morgan fingerprint density at radius 1 is 1.07 bits per heavy atom. The molecule has 2 N–H and O–H groups in total. The lowest BCUT2D eigenvalue weighted by atomic mass is 10.0. The van der Waals surface area contributed by atoms with Gasteiger partial charge in [0.05, 0.1) is 13.0 Å². The number of nitrogens with one attached hydrogen (secondary N) is 2. The van der Waals surface area contributed by atoms with Crippen molar-refractivity contribution in [1.82, 2.24) is 20.4 Å². The van der Waals surface area contributed by atoms with E-state index in [-0.39, 0.29) is 23.8 Å². The van der Waals surface area contributed by atoms with Gasteiger partial charge in [-0.2, -0.15) is 0 Å². The van der Waals surface area contributed by atoms with Crippen LogP contribution in [0.25, 0.3) is 0 Å². The Labute approximate surface area is 173 Å². The van der Waals surface area contributed by atoms with Gasteiger partial charge < -0.3 is 20.3 Å². The van der Waals surface area contributed by atoms with Gasteiger partial charge in [0.25, 0.3) is 5.91 Å². The number of carbonyl (C=O) groups excluding carboxylic acids is 2. The van der Waals surface area contributed by atoms with E-state index in [0.29, 0.717) is 12.1 Å². The molecule has 160 valence electrons. The van der Waals surface area contributed by atoms with E-state index >= 15 is 0 Å². The van der Waals surface area contributed by atoms with E-state index in [1.54, 1.807) is 31.4 Å². The van der Waals surface area contributed by atoms with Crippen LogP contribution in [0.15, 0.2) is 24.3 Å². The smallest absolute Gasteiger partial charge is 0.251 e. The predicted molar refractivity (Wildman–Crippen MR) is 113 cm³/mol. The fourth-order valence-electron chi connectivity index (χ4n) is 4.24. The van der Waals surface area contributed by atoms with E-state index in [2.05, 4.69) is 27.4 Å². The van der Waals surface area contributed by atoms with Crippen LogP contribution in [0.4, 0.5) is 0 Å². The van der Waals surface area contributed by atoms with E-state index < -0.39 is 0 Å². The summed E-state index contributed by atoms with van der Waals surface area (Å²) in [6.07, 6.45) is 2.64. The van der Waals surface area contributed by atoms with Crippen LogP contribution in [-0.2, 0) is 4.79 Å². The number of ether oxygens (including phenoxy) is 1. The molecule has 1 heterocycles. The largest absolute Gasteiger partial charge is 0.497 e. The highest BCUT2D eigenvalue weighted by Crippen LogP contribution is 2.26. The van der Waals surface area contributed by atoms with Gasteiger partial charge in [-0.1, -0.05) is 13.3 Å². The van der Waals surface area contributed by atoms with Crippen LogP contribution in [0, 0.1) is 5.92 Å². The third kappa shape index (κ3) is 5.93. The second-order valence-corrected chi connectivity index (χ2v) is 7.91. The summed E-state index contributed by atoms with van der Waals surface area (Å²) in [6, 6.07) is 6.94. The molecule has 7 heteroatoms. The second kappa shape index (κ2) is 10.6. The van der Waals surface area contributed by atoms with Crippen molar-refractivity contribution < 1.29 is 14.3 Å². The monoisotopic (exact) mass is 402 g/mol. The topological polar surface area (TPSA) is 73.9 Å². The molecule has 2 amide bonds. The number of nitrogens with zero attached hydrogens (tertiary/aromatic N) is 2. The van der Waals surface area contributed by atoms with E-state index in [1.165, 1.54) is 0 Å². The van der Waals surface area contributed by atoms with Crippen LogP contribution >= 0.6 is 0 Å². The van der Waals surface area contributed by atoms with Crippen molar-refractivity contribution in [1.29, 1.82) is 0 Å². The molecule has 0 bridgehead atoms. The molecule has 3 rings (SSSR count). The zero-order valence-corrected chi connectivity index (χ0v) is 17.7. The first kappa shape index (κ1) is 21.6. The van der Waals surface area contributed by atoms with Crippen molar-refractivity contribution in [2.75, 3.05) is 52.9 Å². The molecule has 1 aliphatic carbocycles. The van der Waals surface area contributed by atoms with Gasteiger partial charge in [-0.05, 0) is 43.7 Å². The maximum absolute atomic E-state index is 12.7. The molecule has 0 unspecified atom stereocenters. The number of piperazine rings is 1. The van der Waals surface area contributed by atoms with Crippen molar-refractivity contribution in [3.8, 4) is 5.75 Å². The first-order valence-electron chi connectivity index (χ1n) is 10.8. The molecule has 2 atom stereocenters. The molecule has 1 aliphatic heterocycles. The summed E-state index contributed by atoms with van der Waals surface area (Å²) >= 11 is 0. The molecular formula is C22H34N4O3. The minimum absolute atomic E-state index is 0.0646. The number of hydrogen-bond acceptors (Lipinski definition) is 5. The van der Waals surface area contributed by atoms with Crippen LogP contribution in [0.5, 0.6) is 5.75 Å². The number of benzene rings is 1. The summed E-state index contributed by atoms with van der Waals surface area (Å²) < 4.78 is 5.13. The van der Waals surface area contributed by atoms with Crippen molar-refractivity contribution in [3.63, 3.8) is 0 Å². The highest BCUT2D eigenvalue weighted by Gasteiger charge is 2.34. The van der Waals surface area contributed by atoms with Gasteiger partial charge in [0.1, 0.15) is 5.75 Å². The average Bonchev–Trinajstić information content (AvgIpc) is 3.22. The van der Waals surface area contributed by atoms with Gasteiger partial charge in [0.2, 0.25) is 5.91 Å². The van der Waals surface area contributed by atoms with Gasteiger partial charge >= 0.3 is 0 Å². The summed E-state index contributed by atoms with van der Waals surface area (Å²) in [4.78, 5) is 30.1. The minimum Gasteiger partial charge on any atom is -0.497 e. The fraction of sp³-hybridized carbons (Fsp3) is 0.636. The maximum Gasteiger partial charge on any atom is 0.251 e. The van der Waals surface area contributed by atoms with Gasteiger partial charge in [-0.15, -0.1) is 0 Å². The Kier molecular flexibility index (Phi) is 7.89. The summed E-state index contributed by atoms with van der Waals surface area (Å²) in [5.41, 5.74) is 0.586. The second-order valence-electron chi connectivity index (χ2n) is 7.91. The Morgan fingerprint density at radius 2 is 1.76 bits per heavy atom. The van der Waals surface area contributed by atoms with Crippen molar-refractivity contribution in [2.24, 2.45) is 5.92 Å². The molecule has 1 aromatic rings. The molecule has 1 aromatic carbocycles. The first-order valence-corrected chi connectivity index (χ1v) is 10.8. The zero-order chi connectivity index (χ0) is 20.6. The molecule has 2 fully saturated rings. The normalized spacial score (nSPS) is 23.0. The Morgan fingerprint density at radius 3 is 2.41 bits per heavy atom. The van der Waals surface area contributed by atoms with Crippen LogP contribution in [0.2, 0.25) is 0 Å². The summed E-state index contributed by atoms with van der Waals surface area (Å²) in [5, 5.41) is 6.15. The molecule has 1 saturated carbocycles. The third-order valence-electron chi connectivity index (χ3n) is 6.16. The van der Waals surface area contributed by atoms with E-state index in [9.17, 15) is 9.59 Å². The lowest BCUT2D eigenvalue weighted by Gasteiger charge is -2.34. The Hall–Kier alpha value is -2.12. The number of methoxy groups -OCH3 is 1. The van der Waals surface area contributed by atoms with Crippen molar-refractivity contribution >= 4 is 11.8 Å². The highest BCUT2D eigenvalue weighted by molar-refractivity contribution is 5.95. The minimum atomic E-state index is -0.144. The zero-order valence-electron chi connectivity index (χ0n) is 17.7. The number of rotatable bonds is 8. The van der Waals surface area contributed by atoms with E-state index in [1.807, 2.05) is 0 Å². The quantitative estimate of drug-likeness (QED) is 0.687. The molecule has 29 heavy (non-hydrogen) atoms. The molecule has 0 spiro atoms. The summed E-state index contributed by atoms with van der Waals surface area (Å²) in [5.74, 6) is 0.505. The van der Waals surface area contributed by atoms with E-state index in [0.717, 1.165) is 64.3 Å². The van der Waals surface area contributed by atoms with Crippen LogP contribution in [-0.4, -0.2) is 80.6 Å². The highest BCUT2D eigenvalue weighted by atomic mass is 16.5. The van der Waals surface area contributed by atoms with Crippen molar-refractivity contribution in [3.05, 3.63) is 29.8 Å². The predicted octanol–water partition coefficient (Wildman–Crippen LogP) is 1.35. The molecule has 0 radical (unpaired) electrons. The molecular weight excluding hydrogens is 368 g/mol. The summed E-state index contributed by atoms with van der Waals surface area (Å²) in [7, 11) is 1.60. The maximum atomic E-state index is 12.7. The lowest BCUT2D eigenvalue weighted by Crippen LogP contribution is -2.49. The van der Waals surface area contributed by atoms with Crippen LogP contribution in [0.1, 0.15) is 36.5 Å². The SMILES string of the molecule is CCN1CCN(CCNC(=O)[C@H]2CCC[C@H]2NC(=O)c2ccc(OC)cc2)CC1. The Bertz CT molecular complexity index is 671. The standard InChI is InChI=1S/C22H34N4O3/c1-3-25-13-15-26(16-14-25)12-11-23-22(28)19-5-4-6-20(19)24-21(27)17-7-9-18(29-2)10-8-17/h7-10,19-20H,3-6,11-16H2,1-2H3,(H,23,28)(H,24,27)/t19-,20+/m0/s1. The van der Waals surface area contributed by atoms with Gasteiger partial charge in [-0.25, -0.2) is 0 Å². The number of carbonyl (C=O) groups is 2. The Balaban J connectivity index is 1.43. The van der Waals surface area contributed by atoms with Gasteiger partial charge in [-0.3, -0.25) is 14.5 Å². The number of likely N-dealkylation sites (N-methyl/N-ethyl adjacent to an activating group) is 1. The summed E-state index contributed by atoms with van der Waals surface area (Å²) in [6.45, 7) is 9.19. The van der Waals surface area contributed by atoms with E-state index in [4.69, 9.17) is 4.74 Å². The molecule has 7 nitrogen and oxygen atoms in total. The first-order chi connectivity index (χ1) is 14.1. The van der Waals surface area contributed by atoms with Gasteiger partial charge in [0, 0.05) is 50.9 Å². The molecule has 0 aromatic heterocycles. The molecule has 2 aliphatic rings. The number of amides is 2. The van der Waals surface area contributed by atoms with Crippen LogP contribution in [0.3, 0.4) is 0 Å². The third-order valence-corrected chi connectivity index (χ3v) is 6.16. The molecule has 1 saturated heterocycles.